The van der Waals surface area contributed by atoms with Crippen molar-refractivity contribution in [1.29, 1.82) is 0 Å². The van der Waals surface area contributed by atoms with Gasteiger partial charge in [-0.05, 0) is 64.8 Å². The van der Waals surface area contributed by atoms with Gasteiger partial charge in [0.25, 0.3) is 0 Å². The van der Waals surface area contributed by atoms with Crippen LogP contribution in [0.1, 0.15) is 42.2 Å². The predicted octanol–water partition coefficient (Wildman–Crippen LogP) is 5.12. The Hall–Kier alpha value is -1.47. The molecule has 0 unspecified atom stereocenters. The molecule has 0 bridgehead atoms. The maximum absolute atomic E-state index is 6.17. The number of rotatable bonds is 4. The second kappa shape index (κ2) is 7.27. The van der Waals surface area contributed by atoms with E-state index in [-0.39, 0.29) is 12.1 Å². The third-order valence-corrected chi connectivity index (χ3v) is 6.32. The van der Waals surface area contributed by atoms with E-state index < -0.39 is 0 Å². The van der Waals surface area contributed by atoms with E-state index in [1.165, 1.54) is 22.4 Å². The molecule has 0 aliphatic carbocycles. The summed E-state index contributed by atoms with van der Waals surface area (Å²) in [4.78, 5) is 0. The van der Waals surface area contributed by atoms with E-state index in [1.54, 1.807) is 14.2 Å². The minimum atomic E-state index is 0.161. The van der Waals surface area contributed by atoms with Gasteiger partial charge in [0.1, 0.15) is 0 Å². The highest BCUT2D eigenvalue weighted by Gasteiger charge is 2.41. The Morgan fingerprint density at radius 2 is 2.04 bits per heavy atom. The normalized spacial score (nSPS) is 23.8. The lowest BCUT2D eigenvalue weighted by Crippen LogP contribution is -2.29. The van der Waals surface area contributed by atoms with Gasteiger partial charge in [0.05, 0.1) is 29.9 Å². The summed E-state index contributed by atoms with van der Waals surface area (Å²) in [6.45, 7) is 3.01. The number of nitrogens with one attached hydrogen (secondary N) is 1. The van der Waals surface area contributed by atoms with Crippen molar-refractivity contribution in [2.75, 3.05) is 26.1 Å². The molecule has 2 aliphatic rings. The third kappa shape index (κ3) is 2.95. The first-order chi connectivity index (χ1) is 12.7. The molecule has 4 nitrogen and oxygen atoms in total. The maximum atomic E-state index is 6.17. The Labute approximate surface area is 168 Å². The third-order valence-electron chi connectivity index (χ3n) is 5.52. The Morgan fingerprint density at radius 3 is 2.77 bits per heavy atom. The number of ether oxygens (including phenoxy) is 3. The SMILES string of the molecule is CCc1ccc2c(c1)[C@H]1OCC[C@H]1[C@@H](c1cc(I)c(OC)c(OC)c1)N2. The molecule has 26 heavy (non-hydrogen) atoms. The lowest BCUT2D eigenvalue weighted by Gasteiger charge is -2.37. The van der Waals surface area contributed by atoms with E-state index in [2.05, 4.69) is 65.2 Å². The van der Waals surface area contributed by atoms with Gasteiger partial charge in [0.15, 0.2) is 11.5 Å². The average Bonchev–Trinajstić information content (AvgIpc) is 3.16. The molecule has 2 aliphatic heterocycles. The van der Waals surface area contributed by atoms with Crippen molar-refractivity contribution in [1.82, 2.24) is 0 Å². The molecule has 3 atom stereocenters. The number of anilines is 1. The second-order valence-electron chi connectivity index (χ2n) is 6.88. The summed E-state index contributed by atoms with van der Waals surface area (Å²) in [7, 11) is 3.37. The van der Waals surface area contributed by atoms with Crippen LogP contribution in [0, 0.1) is 9.49 Å². The van der Waals surface area contributed by atoms with Crippen LogP contribution in [0.25, 0.3) is 0 Å². The van der Waals surface area contributed by atoms with Crippen molar-refractivity contribution in [2.45, 2.75) is 31.9 Å². The molecule has 1 N–H and O–H groups in total. The standard InChI is InChI=1S/C21H24INO3/c1-4-12-5-6-17-15(9-12)20-14(7-8-26-20)19(23-17)13-10-16(22)21(25-3)18(11-13)24-2/h5-6,9-11,14,19-20,23H,4,7-8H2,1-3H3/t14-,19+,20-/m0/s1. The minimum absolute atomic E-state index is 0.161. The van der Waals surface area contributed by atoms with E-state index in [0.29, 0.717) is 5.92 Å². The molecular formula is C21H24INO3. The highest BCUT2D eigenvalue weighted by Crippen LogP contribution is 2.51. The van der Waals surface area contributed by atoms with Crippen LogP contribution in [0.3, 0.4) is 0 Å². The molecule has 2 aromatic rings. The zero-order valence-electron chi connectivity index (χ0n) is 15.3. The molecule has 1 fully saturated rings. The first-order valence-electron chi connectivity index (χ1n) is 9.08. The molecule has 1 saturated heterocycles. The van der Waals surface area contributed by atoms with Crippen LogP contribution in [0.4, 0.5) is 5.69 Å². The van der Waals surface area contributed by atoms with E-state index in [4.69, 9.17) is 14.2 Å². The number of halogens is 1. The lowest BCUT2D eigenvalue weighted by atomic mass is 9.80. The molecule has 2 heterocycles. The fourth-order valence-corrected chi connectivity index (χ4v) is 5.04. The summed E-state index contributed by atoms with van der Waals surface area (Å²) in [5.41, 5.74) is 5.06. The van der Waals surface area contributed by atoms with Crippen molar-refractivity contribution in [3.05, 3.63) is 50.6 Å². The van der Waals surface area contributed by atoms with Crippen molar-refractivity contribution >= 4 is 28.3 Å². The summed E-state index contributed by atoms with van der Waals surface area (Å²) in [6.07, 6.45) is 2.26. The molecular weight excluding hydrogens is 441 g/mol. The molecule has 0 amide bonds. The highest BCUT2D eigenvalue weighted by molar-refractivity contribution is 14.1. The zero-order chi connectivity index (χ0) is 18.3. The molecule has 0 radical (unpaired) electrons. The molecule has 138 valence electrons. The summed E-state index contributed by atoms with van der Waals surface area (Å²) >= 11 is 2.32. The van der Waals surface area contributed by atoms with Gasteiger partial charge in [0.2, 0.25) is 0 Å². The van der Waals surface area contributed by atoms with Crippen LogP contribution in [0.15, 0.2) is 30.3 Å². The van der Waals surface area contributed by atoms with Gasteiger partial charge in [-0.25, -0.2) is 0 Å². The van der Waals surface area contributed by atoms with Crippen LogP contribution in [-0.4, -0.2) is 20.8 Å². The molecule has 0 aromatic heterocycles. The number of aryl methyl sites for hydroxylation is 1. The first-order valence-corrected chi connectivity index (χ1v) is 10.2. The van der Waals surface area contributed by atoms with Crippen LogP contribution >= 0.6 is 22.6 Å². The molecule has 0 spiro atoms. The maximum Gasteiger partial charge on any atom is 0.174 e. The van der Waals surface area contributed by atoms with Crippen LogP contribution < -0.4 is 14.8 Å². The van der Waals surface area contributed by atoms with E-state index in [9.17, 15) is 0 Å². The minimum Gasteiger partial charge on any atom is -0.493 e. The topological polar surface area (TPSA) is 39.7 Å². The predicted molar refractivity (Wildman–Crippen MR) is 111 cm³/mol. The van der Waals surface area contributed by atoms with Crippen molar-refractivity contribution in [3.8, 4) is 11.5 Å². The fourth-order valence-electron chi connectivity index (χ4n) is 4.19. The van der Waals surface area contributed by atoms with Crippen molar-refractivity contribution in [3.63, 3.8) is 0 Å². The number of fused-ring (bicyclic) bond motifs is 3. The molecule has 0 saturated carbocycles. The van der Waals surface area contributed by atoms with Crippen LogP contribution in [0.2, 0.25) is 0 Å². The lowest BCUT2D eigenvalue weighted by molar-refractivity contribution is 0.0828. The van der Waals surface area contributed by atoms with E-state index >= 15 is 0 Å². The summed E-state index contributed by atoms with van der Waals surface area (Å²) in [5, 5.41) is 3.77. The van der Waals surface area contributed by atoms with Gasteiger partial charge in [-0.2, -0.15) is 0 Å². The fraction of sp³-hybridized carbons (Fsp3) is 0.429. The molecule has 4 rings (SSSR count). The zero-order valence-corrected chi connectivity index (χ0v) is 17.5. The van der Waals surface area contributed by atoms with Gasteiger partial charge in [0, 0.05) is 23.8 Å². The number of hydrogen-bond acceptors (Lipinski definition) is 4. The highest BCUT2D eigenvalue weighted by atomic mass is 127. The smallest absolute Gasteiger partial charge is 0.174 e. The van der Waals surface area contributed by atoms with Crippen molar-refractivity contribution in [2.24, 2.45) is 5.92 Å². The number of benzene rings is 2. The van der Waals surface area contributed by atoms with Gasteiger partial charge < -0.3 is 19.5 Å². The van der Waals surface area contributed by atoms with Gasteiger partial charge in [-0.1, -0.05) is 19.1 Å². The Morgan fingerprint density at radius 1 is 1.19 bits per heavy atom. The summed E-state index contributed by atoms with van der Waals surface area (Å²) < 4.78 is 18.3. The first kappa shape index (κ1) is 17.9. The average molecular weight is 465 g/mol. The second-order valence-corrected chi connectivity index (χ2v) is 8.04. The van der Waals surface area contributed by atoms with Gasteiger partial charge >= 0.3 is 0 Å². The van der Waals surface area contributed by atoms with Crippen LogP contribution in [0.5, 0.6) is 11.5 Å². The Kier molecular flexibility index (Phi) is 5.01. The number of hydrogen-bond donors (Lipinski definition) is 1. The van der Waals surface area contributed by atoms with Gasteiger partial charge in [-0.3, -0.25) is 0 Å². The summed E-state index contributed by atoms with van der Waals surface area (Å²) in [6, 6.07) is 11.2. The number of methoxy groups -OCH3 is 2. The van der Waals surface area contributed by atoms with E-state index in [0.717, 1.165) is 34.5 Å². The van der Waals surface area contributed by atoms with E-state index in [1.807, 2.05) is 0 Å². The Bertz CT molecular complexity index is 823. The monoisotopic (exact) mass is 465 g/mol. The molecule has 2 aromatic carbocycles. The van der Waals surface area contributed by atoms with Crippen LogP contribution in [-0.2, 0) is 11.2 Å². The van der Waals surface area contributed by atoms with Crippen molar-refractivity contribution < 1.29 is 14.2 Å². The van der Waals surface area contributed by atoms with Gasteiger partial charge in [-0.15, -0.1) is 0 Å². The quantitative estimate of drug-likeness (QED) is 0.637. The Balaban J connectivity index is 1.77. The molecule has 5 heteroatoms. The largest absolute Gasteiger partial charge is 0.493 e. The summed E-state index contributed by atoms with van der Waals surface area (Å²) in [5.74, 6) is 1.99.